The van der Waals surface area contributed by atoms with Crippen LogP contribution >= 0.6 is 0 Å². The zero-order chi connectivity index (χ0) is 11.9. The van der Waals surface area contributed by atoms with Crippen molar-refractivity contribution in [3.63, 3.8) is 0 Å². The summed E-state index contributed by atoms with van der Waals surface area (Å²) in [6.07, 6.45) is 3.02. The fourth-order valence-electron chi connectivity index (χ4n) is 3.50. The Morgan fingerprint density at radius 2 is 2.00 bits per heavy atom. The minimum absolute atomic E-state index is 0.0685. The first-order valence-corrected chi connectivity index (χ1v) is 6.37. The number of hydrogen-bond donors (Lipinski definition) is 2. The number of nitrogens with zero attached hydrogens (tertiary/aromatic N) is 1. The summed E-state index contributed by atoms with van der Waals surface area (Å²) >= 11 is 0. The van der Waals surface area contributed by atoms with E-state index in [1.165, 1.54) is 11.3 Å². The minimum atomic E-state index is -0.356. The third kappa shape index (κ3) is 1.49. The van der Waals surface area contributed by atoms with E-state index in [4.69, 9.17) is 0 Å². The first kappa shape index (κ1) is 11.1. The van der Waals surface area contributed by atoms with Crippen molar-refractivity contribution in [2.75, 3.05) is 24.7 Å². The van der Waals surface area contributed by atoms with Crippen molar-refractivity contribution in [1.82, 2.24) is 0 Å². The van der Waals surface area contributed by atoms with Gasteiger partial charge < -0.3 is 15.1 Å². The van der Waals surface area contributed by atoms with Crippen LogP contribution in [0.15, 0.2) is 24.3 Å². The Labute approximate surface area is 102 Å². The van der Waals surface area contributed by atoms with Crippen LogP contribution in [0.25, 0.3) is 0 Å². The number of rotatable bonds is 2. The van der Waals surface area contributed by atoms with Crippen LogP contribution < -0.4 is 4.90 Å². The maximum absolute atomic E-state index is 9.73. The van der Waals surface area contributed by atoms with Gasteiger partial charge in [0.05, 0.1) is 13.2 Å². The smallest absolute Gasteiger partial charge is 0.0532 e. The Balaban J connectivity index is 2.09. The van der Waals surface area contributed by atoms with Crippen molar-refractivity contribution in [3.05, 3.63) is 29.8 Å². The van der Waals surface area contributed by atoms with E-state index in [2.05, 4.69) is 23.1 Å². The van der Waals surface area contributed by atoms with E-state index in [-0.39, 0.29) is 18.6 Å². The molecule has 1 aromatic rings. The van der Waals surface area contributed by atoms with Gasteiger partial charge >= 0.3 is 0 Å². The fourth-order valence-corrected chi connectivity index (χ4v) is 3.50. The number of para-hydroxylation sites is 1. The zero-order valence-corrected chi connectivity index (χ0v) is 9.97. The molecule has 1 aromatic carbocycles. The molecule has 2 aliphatic rings. The molecule has 1 unspecified atom stereocenters. The Hall–Kier alpha value is -1.06. The lowest BCUT2D eigenvalue weighted by Gasteiger charge is -2.47. The van der Waals surface area contributed by atoms with Crippen molar-refractivity contribution in [1.29, 1.82) is 0 Å². The van der Waals surface area contributed by atoms with Gasteiger partial charge in [-0.25, -0.2) is 0 Å². The Kier molecular flexibility index (Phi) is 2.60. The van der Waals surface area contributed by atoms with Gasteiger partial charge in [0, 0.05) is 23.7 Å². The molecule has 0 amide bonds. The van der Waals surface area contributed by atoms with Crippen LogP contribution in [0, 0.1) is 5.41 Å². The Bertz CT molecular complexity index is 414. The number of aliphatic hydroxyl groups is 2. The van der Waals surface area contributed by atoms with Crippen molar-refractivity contribution in [3.8, 4) is 0 Å². The molecule has 1 atom stereocenters. The predicted octanol–water partition coefficient (Wildman–Crippen LogP) is 1.18. The highest BCUT2D eigenvalue weighted by atomic mass is 16.3. The first-order chi connectivity index (χ1) is 8.30. The largest absolute Gasteiger partial charge is 0.396 e. The molecule has 3 nitrogen and oxygen atoms in total. The molecule has 0 aromatic heterocycles. The van der Waals surface area contributed by atoms with Gasteiger partial charge in [-0.3, -0.25) is 0 Å². The average Bonchev–Trinajstić information content (AvgIpc) is 2.88. The Morgan fingerprint density at radius 3 is 2.76 bits per heavy atom. The number of hydrogen-bond acceptors (Lipinski definition) is 3. The van der Waals surface area contributed by atoms with Crippen LogP contribution in [0.5, 0.6) is 0 Å². The molecule has 2 aliphatic heterocycles. The minimum Gasteiger partial charge on any atom is -0.396 e. The van der Waals surface area contributed by atoms with Gasteiger partial charge in [0.2, 0.25) is 0 Å². The fraction of sp³-hybridized carbons (Fsp3) is 0.571. The van der Waals surface area contributed by atoms with Gasteiger partial charge in [0.15, 0.2) is 0 Å². The summed E-state index contributed by atoms with van der Waals surface area (Å²) in [6, 6.07) is 8.68. The maximum Gasteiger partial charge on any atom is 0.0532 e. The van der Waals surface area contributed by atoms with E-state index in [0.29, 0.717) is 6.04 Å². The third-order valence-electron chi connectivity index (χ3n) is 4.43. The van der Waals surface area contributed by atoms with Crippen molar-refractivity contribution in [2.24, 2.45) is 5.41 Å². The summed E-state index contributed by atoms with van der Waals surface area (Å²) in [5, 5.41) is 19.5. The summed E-state index contributed by atoms with van der Waals surface area (Å²) in [4.78, 5) is 2.38. The standard InChI is InChI=1S/C14H19NO2/c16-9-14(10-17)8-11-4-1-2-5-12(11)15-7-3-6-13(14)15/h1-2,4-5,13,16-17H,3,6-10H2. The van der Waals surface area contributed by atoms with Crippen LogP contribution in [0.2, 0.25) is 0 Å². The van der Waals surface area contributed by atoms with E-state index in [0.717, 1.165) is 25.8 Å². The molecule has 1 fully saturated rings. The van der Waals surface area contributed by atoms with Crippen LogP contribution in [-0.2, 0) is 6.42 Å². The molecule has 0 radical (unpaired) electrons. The monoisotopic (exact) mass is 233 g/mol. The molecule has 2 N–H and O–H groups in total. The molecule has 17 heavy (non-hydrogen) atoms. The molecule has 2 heterocycles. The van der Waals surface area contributed by atoms with Crippen LogP contribution in [0.3, 0.4) is 0 Å². The molecule has 0 aliphatic carbocycles. The molecule has 0 saturated carbocycles. The molecular weight excluding hydrogens is 214 g/mol. The zero-order valence-electron chi connectivity index (χ0n) is 9.97. The predicted molar refractivity (Wildman–Crippen MR) is 67.1 cm³/mol. The highest BCUT2D eigenvalue weighted by Gasteiger charge is 2.47. The molecule has 3 rings (SSSR count). The SMILES string of the molecule is OCC1(CO)Cc2ccccc2N2CCCC21. The summed E-state index contributed by atoms with van der Waals surface area (Å²) in [5.74, 6) is 0. The molecule has 0 bridgehead atoms. The number of anilines is 1. The number of fused-ring (bicyclic) bond motifs is 3. The normalized spacial score (nSPS) is 25.5. The molecule has 92 valence electrons. The number of aliphatic hydroxyl groups excluding tert-OH is 2. The molecule has 0 spiro atoms. The third-order valence-corrected chi connectivity index (χ3v) is 4.43. The topological polar surface area (TPSA) is 43.7 Å². The van der Waals surface area contributed by atoms with E-state index < -0.39 is 0 Å². The van der Waals surface area contributed by atoms with Gasteiger partial charge in [-0.05, 0) is 30.9 Å². The highest BCUT2D eigenvalue weighted by molar-refractivity contribution is 5.58. The van der Waals surface area contributed by atoms with Gasteiger partial charge in [0.25, 0.3) is 0 Å². The second kappa shape index (κ2) is 4.00. The average molecular weight is 233 g/mol. The molecular formula is C14H19NO2. The van der Waals surface area contributed by atoms with Crippen LogP contribution in [-0.4, -0.2) is 36.0 Å². The lowest BCUT2D eigenvalue weighted by Crippen LogP contribution is -2.53. The van der Waals surface area contributed by atoms with E-state index in [9.17, 15) is 10.2 Å². The summed E-state index contributed by atoms with van der Waals surface area (Å²) in [5.41, 5.74) is 2.20. The van der Waals surface area contributed by atoms with Crippen molar-refractivity contribution in [2.45, 2.75) is 25.3 Å². The van der Waals surface area contributed by atoms with Gasteiger partial charge in [-0.1, -0.05) is 18.2 Å². The van der Waals surface area contributed by atoms with Crippen molar-refractivity contribution >= 4 is 5.69 Å². The molecule has 3 heteroatoms. The maximum atomic E-state index is 9.73. The first-order valence-electron chi connectivity index (χ1n) is 6.37. The molecule has 1 saturated heterocycles. The second-order valence-corrected chi connectivity index (χ2v) is 5.34. The quantitative estimate of drug-likeness (QED) is 0.806. The van der Waals surface area contributed by atoms with E-state index >= 15 is 0 Å². The van der Waals surface area contributed by atoms with Gasteiger partial charge in [-0.15, -0.1) is 0 Å². The van der Waals surface area contributed by atoms with Gasteiger partial charge in [-0.2, -0.15) is 0 Å². The Morgan fingerprint density at radius 1 is 1.24 bits per heavy atom. The number of benzene rings is 1. The summed E-state index contributed by atoms with van der Waals surface area (Å²) < 4.78 is 0. The lowest BCUT2D eigenvalue weighted by atomic mass is 9.72. The van der Waals surface area contributed by atoms with Gasteiger partial charge in [0.1, 0.15) is 0 Å². The summed E-state index contributed by atoms with van der Waals surface area (Å²) in [7, 11) is 0. The lowest BCUT2D eigenvalue weighted by molar-refractivity contribution is 0.0297. The summed E-state index contributed by atoms with van der Waals surface area (Å²) in [6.45, 7) is 1.18. The van der Waals surface area contributed by atoms with Crippen LogP contribution in [0.4, 0.5) is 5.69 Å². The van der Waals surface area contributed by atoms with E-state index in [1.54, 1.807) is 0 Å². The highest BCUT2D eigenvalue weighted by Crippen LogP contribution is 2.45. The van der Waals surface area contributed by atoms with E-state index in [1.807, 2.05) is 6.07 Å². The second-order valence-electron chi connectivity index (χ2n) is 5.34. The van der Waals surface area contributed by atoms with Crippen molar-refractivity contribution < 1.29 is 10.2 Å². The van der Waals surface area contributed by atoms with Crippen LogP contribution in [0.1, 0.15) is 18.4 Å².